The van der Waals surface area contributed by atoms with E-state index in [1.807, 2.05) is 36.7 Å². The van der Waals surface area contributed by atoms with E-state index in [1.165, 1.54) is 24.3 Å². The first-order valence-electron chi connectivity index (χ1n) is 8.06. The molecule has 2 aromatic heterocycles. The topological polar surface area (TPSA) is 59.8 Å². The molecule has 0 saturated carbocycles. The number of aromatic nitrogens is 3. The first kappa shape index (κ1) is 16.8. The Labute approximate surface area is 145 Å². The number of carbonyl (C=O) groups excluding carboxylic acids is 1. The number of pyridine rings is 1. The number of hydrogen-bond acceptors (Lipinski definition) is 3. The molecule has 0 aliphatic rings. The Bertz CT molecular complexity index is 872. The molecule has 3 aromatic rings. The fourth-order valence-electron chi connectivity index (χ4n) is 2.74. The van der Waals surface area contributed by atoms with E-state index in [0.29, 0.717) is 18.5 Å². The van der Waals surface area contributed by atoms with Crippen molar-refractivity contribution in [2.75, 3.05) is 6.54 Å². The van der Waals surface area contributed by atoms with E-state index in [2.05, 4.69) is 15.4 Å². The maximum Gasteiger partial charge on any atom is 0.251 e. The fourth-order valence-corrected chi connectivity index (χ4v) is 2.74. The van der Waals surface area contributed by atoms with Crippen molar-refractivity contribution >= 4 is 5.91 Å². The number of halogens is 1. The number of hydrogen-bond donors (Lipinski definition) is 1. The van der Waals surface area contributed by atoms with Gasteiger partial charge in [-0.15, -0.1) is 0 Å². The Morgan fingerprint density at radius 2 is 1.92 bits per heavy atom. The van der Waals surface area contributed by atoms with Crippen molar-refractivity contribution in [1.82, 2.24) is 20.1 Å². The third-order valence-electron chi connectivity index (χ3n) is 4.07. The van der Waals surface area contributed by atoms with Crippen LogP contribution in [0.5, 0.6) is 0 Å². The van der Waals surface area contributed by atoms with Gasteiger partial charge in [-0.3, -0.25) is 4.79 Å². The van der Waals surface area contributed by atoms with Crippen LogP contribution in [0.3, 0.4) is 0 Å². The Balaban J connectivity index is 1.67. The molecule has 5 nitrogen and oxygen atoms in total. The van der Waals surface area contributed by atoms with Crippen molar-refractivity contribution in [3.63, 3.8) is 0 Å². The molecule has 0 bridgehead atoms. The third-order valence-corrected chi connectivity index (χ3v) is 4.07. The van der Waals surface area contributed by atoms with Gasteiger partial charge in [0.05, 0.1) is 5.69 Å². The summed E-state index contributed by atoms with van der Waals surface area (Å²) in [7, 11) is 0. The maximum atomic E-state index is 12.9. The Kier molecular flexibility index (Phi) is 4.88. The van der Waals surface area contributed by atoms with Crippen LogP contribution in [-0.4, -0.2) is 27.2 Å². The van der Waals surface area contributed by atoms with E-state index in [4.69, 9.17) is 0 Å². The second-order valence-electron chi connectivity index (χ2n) is 5.76. The van der Waals surface area contributed by atoms with Gasteiger partial charge in [0, 0.05) is 24.0 Å². The zero-order valence-electron chi connectivity index (χ0n) is 14.2. The lowest BCUT2D eigenvalue weighted by Gasteiger charge is -2.07. The molecule has 0 aliphatic heterocycles. The second-order valence-corrected chi connectivity index (χ2v) is 5.76. The van der Waals surface area contributed by atoms with Crippen LogP contribution in [0, 0.1) is 19.7 Å². The molecule has 2 heterocycles. The zero-order chi connectivity index (χ0) is 17.8. The zero-order valence-corrected chi connectivity index (χ0v) is 14.2. The number of nitrogens with zero attached hydrogens (tertiary/aromatic N) is 3. The predicted molar refractivity (Wildman–Crippen MR) is 93.3 cm³/mol. The molecule has 1 amide bonds. The van der Waals surface area contributed by atoms with E-state index in [9.17, 15) is 9.18 Å². The van der Waals surface area contributed by atoms with Gasteiger partial charge in [0.2, 0.25) is 0 Å². The van der Waals surface area contributed by atoms with Crippen LogP contribution in [0.25, 0.3) is 5.82 Å². The van der Waals surface area contributed by atoms with Crippen molar-refractivity contribution in [2.45, 2.75) is 20.3 Å². The van der Waals surface area contributed by atoms with Crippen LogP contribution >= 0.6 is 0 Å². The summed E-state index contributed by atoms with van der Waals surface area (Å²) in [6.45, 7) is 4.42. The van der Waals surface area contributed by atoms with Crippen molar-refractivity contribution in [1.29, 1.82) is 0 Å². The molecule has 6 heteroatoms. The number of carbonyl (C=O) groups is 1. The van der Waals surface area contributed by atoms with Gasteiger partial charge in [0.1, 0.15) is 5.82 Å². The summed E-state index contributed by atoms with van der Waals surface area (Å²) in [5.74, 6) is 0.196. The Morgan fingerprint density at radius 1 is 1.16 bits per heavy atom. The lowest BCUT2D eigenvalue weighted by molar-refractivity contribution is 0.0954. The predicted octanol–water partition coefficient (Wildman–Crippen LogP) is 3.00. The number of amides is 1. The lowest BCUT2D eigenvalue weighted by Crippen LogP contribution is -2.25. The minimum absolute atomic E-state index is 0.215. The monoisotopic (exact) mass is 338 g/mol. The molecule has 1 N–H and O–H groups in total. The molecule has 1 aromatic carbocycles. The van der Waals surface area contributed by atoms with Crippen molar-refractivity contribution in [3.05, 3.63) is 77.0 Å². The van der Waals surface area contributed by atoms with Crippen LogP contribution in [0.15, 0.2) is 48.7 Å². The van der Waals surface area contributed by atoms with Crippen LogP contribution in [0.2, 0.25) is 0 Å². The van der Waals surface area contributed by atoms with Gasteiger partial charge in [0.15, 0.2) is 5.82 Å². The van der Waals surface area contributed by atoms with Crippen LogP contribution in [0.1, 0.15) is 27.3 Å². The lowest BCUT2D eigenvalue weighted by atomic mass is 10.1. The highest BCUT2D eigenvalue weighted by Crippen LogP contribution is 2.17. The molecule has 0 atom stereocenters. The van der Waals surface area contributed by atoms with Gasteiger partial charge < -0.3 is 5.32 Å². The first-order valence-corrected chi connectivity index (χ1v) is 8.06. The average molecular weight is 338 g/mol. The van der Waals surface area contributed by atoms with Crippen LogP contribution in [-0.2, 0) is 6.42 Å². The van der Waals surface area contributed by atoms with E-state index >= 15 is 0 Å². The van der Waals surface area contributed by atoms with Crippen molar-refractivity contribution in [3.8, 4) is 5.82 Å². The van der Waals surface area contributed by atoms with Gasteiger partial charge in [-0.25, -0.2) is 14.1 Å². The number of nitrogens with one attached hydrogen (secondary N) is 1. The highest BCUT2D eigenvalue weighted by molar-refractivity contribution is 5.94. The summed E-state index contributed by atoms with van der Waals surface area (Å²) in [6.07, 6.45) is 2.39. The number of rotatable bonds is 5. The normalized spacial score (nSPS) is 10.7. The minimum atomic E-state index is -0.357. The van der Waals surface area contributed by atoms with E-state index in [1.54, 1.807) is 6.20 Å². The SMILES string of the molecule is Cc1nn(-c2ccccn2)c(C)c1CCNC(=O)c1ccc(F)cc1. The van der Waals surface area contributed by atoms with Gasteiger partial charge in [-0.05, 0) is 62.2 Å². The summed E-state index contributed by atoms with van der Waals surface area (Å²) in [5.41, 5.74) is 3.45. The third kappa shape index (κ3) is 3.74. The molecule has 25 heavy (non-hydrogen) atoms. The fraction of sp³-hybridized carbons (Fsp3) is 0.211. The first-order chi connectivity index (χ1) is 12.1. The summed E-state index contributed by atoms with van der Waals surface area (Å²) in [4.78, 5) is 16.4. The summed E-state index contributed by atoms with van der Waals surface area (Å²) < 4.78 is 14.7. The van der Waals surface area contributed by atoms with Gasteiger partial charge in [-0.1, -0.05) is 6.07 Å². The highest BCUT2D eigenvalue weighted by atomic mass is 19.1. The molecule has 0 saturated heterocycles. The molecule has 128 valence electrons. The quantitative estimate of drug-likeness (QED) is 0.778. The Hall–Kier alpha value is -3.02. The average Bonchev–Trinajstić information content (AvgIpc) is 2.91. The number of aryl methyl sites for hydroxylation is 1. The molecular formula is C19H19FN4O. The van der Waals surface area contributed by atoms with Gasteiger partial charge >= 0.3 is 0 Å². The van der Waals surface area contributed by atoms with Crippen LogP contribution < -0.4 is 5.32 Å². The summed E-state index contributed by atoms with van der Waals surface area (Å²) >= 11 is 0. The highest BCUT2D eigenvalue weighted by Gasteiger charge is 2.13. The van der Waals surface area contributed by atoms with E-state index in [-0.39, 0.29) is 11.7 Å². The van der Waals surface area contributed by atoms with Crippen molar-refractivity contribution in [2.24, 2.45) is 0 Å². The molecule has 0 spiro atoms. The van der Waals surface area contributed by atoms with E-state index < -0.39 is 0 Å². The summed E-state index contributed by atoms with van der Waals surface area (Å²) in [5, 5.41) is 7.40. The smallest absolute Gasteiger partial charge is 0.251 e. The number of benzene rings is 1. The molecule has 0 aliphatic carbocycles. The summed E-state index contributed by atoms with van der Waals surface area (Å²) in [6, 6.07) is 11.2. The van der Waals surface area contributed by atoms with Crippen LogP contribution in [0.4, 0.5) is 4.39 Å². The minimum Gasteiger partial charge on any atom is -0.352 e. The largest absolute Gasteiger partial charge is 0.352 e. The second kappa shape index (κ2) is 7.25. The molecule has 0 radical (unpaired) electrons. The van der Waals surface area contributed by atoms with Gasteiger partial charge in [-0.2, -0.15) is 5.10 Å². The molecular weight excluding hydrogens is 319 g/mol. The maximum absolute atomic E-state index is 12.9. The van der Waals surface area contributed by atoms with Crippen molar-refractivity contribution < 1.29 is 9.18 Å². The molecule has 3 rings (SSSR count). The standard InChI is InChI=1S/C19H19FN4O/c1-13-17(14(2)24(23-13)18-5-3-4-11-21-18)10-12-22-19(25)15-6-8-16(20)9-7-15/h3-9,11H,10,12H2,1-2H3,(H,22,25). The molecule has 0 fully saturated rings. The van der Waals surface area contributed by atoms with E-state index in [0.717, 1.165) is 22.8 Å². The Morgan fingerprint density at radius 3 is 2.60 bits per heavy atom. The molecule has 0 unspecified atom stereocenters. The van der Waals surface area contributed by atoms with Gasteiger partial charge in [0.25, 0.3) is 5.91 Å².